The lowest BCUT2D eigenvalue weighted by atomic mass is 10.0. The maximum atomic E-state index is 12.3. The Bertz CT molecular complexity index is 553. The van der Waals surface area contributed by atoms with Crippen molar-refractivity contribution in [2.75, 3.05) is 13.2 Å². The lowest BCUT2D eigenvalue weighted by Gasteiger charge is -2.06. The van der Waals surface area contributed by atoms with Crippen LogP contribution in [0.3, 0.4) is 0 Å². The van der Waals surface area contributed by atoms with Crippen molar-refractivity contribution in [3.8, 4) is 5.75 Å². The fraction of sp³-hybridized carbons (Fsp3) is 0.654. The largest absolute Gasteiger partial charge is 0.492 e. The zero-order chi connectivity index (χ0) is 21.0. The molecule has 164 valence electrons. The van der Waals surface area contributed by atoms with Crippen LogP contribution in [0.2, 0.25) is 0 Å². The first-order valence-electron chi connectivity index (χ1n) is 11.9. The normalized spacial score (nSPS) is 11.2. The molecule has 0 bridgehead atoms. The average Bonchev–Trinajstić information content (AvgIpc) is 2.75. The molecule has 0 atom stereocenters. The summed E-state index contributed by atoms with van der Waals surface area (Å²) in [4.78, 5) is 12.3. The molecule has 0 saturated heterocycles. The highest BCUT2D eigenvalue weighted by molar-refractivity contribution is 5.96. The summed E-state index contributed by atoms with van der Waals surface area (Å²) in [7, 11) is 0. The second-order valence-electron chi connectivity index (χ2n) is 7.92. The topological polar surface area (TPSA) is 52.3 Å². The third-order valence-corrected chi connectivity index (χ3v) is 5.21. The van der Waals surface area contributed by atoms with E-state index in [2.05, 4.69) is 19.1 Å². The molecule has 0 aromatic heterocycles. The number of ketones is 1. The van der Waals surface area contributed by atoms with Crippen molar-refractivity contribution in [1.82, 2.24) is 0 Å². The summed E-state index contributed by atoms with van der Waals surface area (Å²) in [6.07, 6.45) is 21.9. The minimum absolute atomic E-state index is 0.209. The van der Waals surface area contributed by atoms with Crippen molar-refractivity contribution in [2.24, 2.45) is 5.73 Å². The van der Waals surface area contributed by atoms with Crippen LogP contribution in [0.1, 0.15) is 107 Å². The van der Waals surface area contributed by atoms with Gasteiger partial charge in [0.25, 0.3) is 0 Å². The van der Waals surface area contributed by atoms with Crippen LogP contribution < -0.4 is 10.5 Å². The van der Waals surface area contributed by atoms with Gasteiger partial charge in [0.05, 0.1) is 0 Å². The fourth-order valence-electron chi connectivity index (χ4n) is 3.44. The lowest BCUT2D eigenvalue weighted by molar-refractivity contribution is 0.0978. The molecule has 29 heavy (non-hydrogen) atoms. The molecule has 0 heterocycles. The van der Waals surface area contributed by atoms with Crippen LogP contribution in [0.15, 0.2) is 36.4 Å². The molecule has 0 amide bonds. The number of carbonyl (C=O) groups excluding carboxylic acids is 1. The predicted octanol–water partition coefficient (Wildman–Crippen LogP) is 7.24. The Morgan fingerprint density at radius 1 is 0.897 bits per heavy atom. The summed E-state index contributed by atoms with van der Waals surface area (Å²) in [5.74, 6) is 0.937. The van der Waals surface area contributed by atoms with Crippen molar-refractivity contribution in [3.63, 3.8) is 0 Å². The van der Waals surface area contributed by atoms with E-state index in [0.717, 1.165) is 24.2 Å². The second kappa shape index (κ2) is 18.4. The van der Waals surface area contributed by atoms with E-state index in [1.807, 2.05) is 24.3 Å². The molecule has 0 aliphatic rings. The average molecular weight is 402 g/mol. The first kappa shape index (κ1) is 25.4. The number of Topliss-reactive ketones (excluding diaryl/α,β-unsaturated/α-hetero) is 1. The minimum atomic E-state index is 0.209. The van der Waals surface area contributed by atoms with Gasteiger partial charge in [0.15, 0.2) is 5.78 Å². The van der Waals surface area contributed by atoms with E-state index in [4.69, 9.17) is 10.5 Å². The standard InChI is InChI=1S/C26H43NO2/c1-2-3-4-5-6-7-8-9-10-11-12-13-14-15-16-20-26(28)24-18-17-19-25(23-24)29-22-21-27/h9-10,17-19,23H,2-8,11-16,20-22,27H2,1H3/b10-9-. The van der Waals surface area contributed by atoms with Gasteiger partial charge >= 0.3 is 0 Å². The van der Waals surface area contributed by atoms with Gasteiger partial charge in [0, 0.05) is 18.5 Å². The Balaban J connectivity index is 1.97. The number of benzene rings is 1. The van der Waals surface area contributed by atoms with Crippen molar-refractivity contribution in [2.45, 2.75) is 96.8 Å². The van der Waals surface area contributed by atoms with Crippen molar-refractivity contribution < 1.29 is 9.53 Å². The molecule has 1 aromatic carbocycles. The Kier molecular flexibility index (Phi) is 16.2. The second-order valence-corrected chi connectivity index (χ2v) is 7.92. The molecule has 2 N–H and O–H groups in total. The van der Waals surface area contributed by atoms with Gasteiger partial charge in [0.2, 0.25) is 0 Å². The Labute approximate surface area is 179 Å². The summed E-state index contributed by atoms with van der Waals surface area (Å²) < 4.78 is 5.49. The molecule has 0 radical (unpaired) electrons. The molecule has 3 nitrogen and oxygen atoms in total. The molecule has 1 rings (SSSR count). The smallest absolute Gasteiger partial charge is 0.163 e. The number of rotatable bonds is 19. The van der Waals surface area contributed by atoms with E-state index in [1.54, 1.807) is 0 Å². The molecular weight excluding hydrogens is 358 g/mol. The first-order valence-corrected chi connectivity index (χ1v) is 11.9. The summed E-state index contributed by atoms with van der Waals surface area (Å²) in [6.45, 7) is 3.22. The van der Waals surface area contributed by atoms with Gasteiger partial charge in [0.1, 0.15) is 12.4 Å². The van der Waals surface area contributed by atoms with Crippen molar-refractivity contribution in [3.05, 3.63) is 42.0 Å². The molecule has 0 unspecified atom stereocenters. The number of allylic oxidation sites excluding steroid dienone is 2. The van der Waals surface area contributed by atoms with Gasteiger partial charge in [-0.3, -0.25) is 4.79 Å². The molecule has 0 spiro atoms. The molecule has 1 aromatic rings. The zero-order valence-corrected chi connectivity index (χ0v) is 18.7. The maximum absolute atomic E-state index is 12.3. The van der Waals surface area contributed by atoms with Crippen LogP contribution >= 0.6 is 0 Å². The van der Waals surface area contributed by atoms with Crippen LogP contribution in [0.5, 0.6) is 5.75 Å². The van der Waals surface area contributed by atoms with E-state index >= 15 is 0 Å². The Hall–Kier alpha value is -1.61. The number of nitrogens with two attached hydrogens (primary N) is 1. The fourth-order valence-corrected chi connectivity index (χ4v) is 3.44. The Morgan fingerprint density at radius 2 is 1.52 bits per heavy atom. The summed E-state index contributed by atoms with van der Waals surface area (Å²) in [6, 6.07) is 7.44. The van der Waals surface area contributed by atoms with Gasteiger partial charge in [-0.1, -0.05) is 82.6 Å². The molecule has 0 aliphatic heterocycles. The van der Waals surface area contributed by atoms with Crippen LogP contribution in [0.25, 0.3) is 0 Å². The first-order chi connectivity index (χ1) is 14.3. The number of carbonyl (C=O) groups is 1. The highest BCUT2D eigenvalue weighted by Gasteiger charge is 2.06. The third-order valence-electron chi connectivity index (χ3n) is 5.21. The summed E-state index contributed by atoms with van der Waals surface area (Å²) in [5, 5.41) is 0. The van der Waals surface area contributed by atoms with E-state index in [0.29, 0.717) is 19.6 Å². The quantitative estimate of drug-likeness (QED) is 0.151. The van der Waals surface area contributed by atoms with Crippen molar-refractivity contribution >= 4 is 5.78 Å². The van der Waals surface area contributed by atoms with Crippen molar-refractivity contribution in [1.29, 1.82) is 0 Å². The SMILES string of the molecule is CCCCCCCC/C=C\CCCCCCCC(=O)c1cccc(OCCN)c1. The lowest BCUT2D eigenvalue weighted by Crippen LogP contribution is -2.10. The maximum Gasteiger partial charge on any atom is 0.163 e. The highest BCUT2D eigenvalue weighted by Crippen LogP contribution is 2.16. The van der Waals surface area contributed by atoms with Gasteiger partial charge in [-0.25, -0.2) is 0 Å². The molecule has 0 saturated carbocycles. The van der Waals surface area contributed by atoms with E-state index in [1.165, 1.54) is 70.6 Å². The van der Waals surface area contributed by atoms with Gasteiger partial charge < -0.3 is 10.5 Å². The monoisotopic (exact) mass is 401 g/mol. The van der Waals surface area contributed by atoms with Crippen LogP contribution in [-0.2, 0) is 0 Å². The number of unbranched alkanes of at least 4 members (excludes halogenated alkanes) is 11. The molecule has 3 heteroatoms. The molecule has 0 aliphatic carbocycles. The number of ether oxygens (including phenoxy) is 1. The summed E-state index contributed by atoms with van der Waals surface area (Å²) >= 11 is 0. The number of hydrogen-bond acceptors (Lipinski definition) is 3. The predicted molar refractivity (Wildman–Crippen MR) is 125 cm³/mol. The third kappa shape index (κ3) is 14.1. The van der Waals surface area contributed by atoms with E-state index < -0.39 is 0 Å². The minimum Gasteiger partial charge on any atom is -0.492 e. The molecule has 0 fully saturated rings. The Morgan fingerprint density at radius 3 is 2.17 bits per heavy atom. The van der Waals surface area contributed by atoms with E-state index in [9.17, 15) is 4.79 Å². The summed E-state index contributed by atoms with van der Waals surface area (Å²) in [5.41, 5.74) is 6.19. The zero-order valence-electron chi connectivity index (χ0n) is 18.7. The van der Waals surface area contributed by atoms with Gasteiger partial charge in [-0.2, -0.15) is 0 Å². The molecular formula is C26H43NO2. The van der Waals surface area contributed by atoms with Gasteiger partial charge in [-0.15, -0.1) is 0 Å². The van der Waals surface area contributed by atoms with E-state index in [-0.39, 0.29) is 5.78 Å². The van der Waals surface area contributed by atoms with Gasteiger partial charge in [-0.05, 0) is 44.2 Å². The van der Waals surface area contributed by atoms with Crippen LogP contribution in [0.4, 0.5) is 0 Å². The van der Waals surface area contributed by atoms with Crippen LogP contribution in [-0.4, -0.2) is 18.9 Å². The van der Waals surface area contributed by atoms with Crippen LogP contribution in [0, 0.1) is 0 Å². The number of hydrogen-bond donors (Lipinski definition) is 1. The highest BCUT2D eigenvalue weighted by atomic mass is 16.5.